The fourth-order valence-electron chi connectivity index (χ4n) is 1.98. The molecule has 0 aliphatic carbocycles. The van der Waals surface area contributed by atoms with Gasteiger partial charge in [0.15, 0.2) is 0 Å². The number of esters is 1. The van der Waals surface area contributed by atoms with Crippen molar-refractivity contribution in [2.45, 2.75) is 64.1 Å². The average molecular weight is 485 g/mol. The van der Waals surface area contributed by atoms with E-state index in [9.17, 15) is 40.7 Å². The smallest absolute Gasteiger partial charge is 0.430 e. The van der Waals surface area contributed by atoms with Crippen LogP contribution in [0, 0.1) is 5.92 Å². The molecule has 0 aromatic carbocycles. The molecule has 0 saturated heterocycles. The minimum atomic E-state index is -5.19. The second-order valence-corrected chi connectivity index (χ2v) is 6.46. The molecule has 0 aliphatic heterocycles. The summed E-state index contributed by atoms with van der Waals surface area (Å²) in [7, 11) is 1.11. The number of halogens is 6. The Hall–Kier alpha value is -2.46. The number of quaternary nitrogens is 1. The molecule has 0 aliphatic rings. The summed E-state index contributed by atoms with van der Waals surface area (Å²) < 4.78 is 75.3. The number of primary amides is 1. The van der Waals surface area contributed by atoms with Gasteiger partial charge in [-0.25, -0.2) is 14.8 Å². The van der Waals surface area contributed by atoms with Crippen molar-refractivity contribution in [3.05, 3.63) is 0 Å². The maximum Gasteiger partial charge on any atom is 0.430 e. The Morgan fingerprint density at radius 1 is 1.09 bits per heavy atom. The first kappa shape index (κ1) is 31.7. The molecule has 16 heteroatoms. The van der Waals surface area contributed by atoms with Crippen molar-refractivity contribution in [1.29, 1.82) is 0 Å². The minimum absolute atomic E-state index is 0.154. The number of carboxylic acids is 1. The standard InChI is InChI=1S/C14H24F3N3O5.C2HF3O2/c1-5-7(2)11(13(23)25-4)19-10(21)6-9(14(15,16)17)18-8(3)12(22)20-24;3-2(4,5)1(6)7/h7-9,11,18,24H,5-6H2,1-4H3,(H,19,21)(H,20,22);(H,6,7)/t7-,8-,9?,11-;/m0./s1. The number of carbonyl (C=O) groups is 4. The third-order valence-electron chi connectivity index (χ3n) is 4.01. The highest BCUT2D eigenvalue weighted by Crippen LogP contribution is 2.23. The SMILES string of the molecule is CC[C@H](C)[C@H](NC(=O)CC(N[C@@H](C)C(=O)[NH2+]O)C(F)(F)F)C(=O)OC.O=C([O-])C(F)(F)F. The van der Waals surface area contributed by atoms with Crippen LogP contribution in [0.2, 0.25) is 0 Å². The van der Waals surface area contributed by atoms with Crippen LogP contribution < -0.4 is 21.2 Å². The number of carboxylic acid groups (broad SMARTS) is 1. The van der Waals surface area contributed by atoms with Gasteiger partial charge >= 0.3 is 24.2 Å². The third kappa shape index (κ3) is 12.4. The van der Waals surface area contributed by atoms with E-state index in [0.717, 1.165) is 14.0 Å². The molecule has 1 unspecified atom stereocenters. The number of hydroxylamine groups is 1. The van der Waals surface area contributed by atoms with Crippen molar-refractivity contribution in [3.8, 4) is 0 Å². The van der Waals surface area contributed by atoms with Crippen LogP contribution >= 0.6 is 0 Å². The summed E-state index contributed by atoms with van der Waals surface area (Å²) in [6.45, 7) is 4.53. The van der Waals surface area contributed by atoms with Gasteiger partial charge in [0, 0.05) is 0 Å². The second kappa shape index (κ2) is 13.8. The molecule has 0 heterocycles. The van der Waals surface area contributed by atoms with Gasteiger partial charge in [0.1, 0.15) is 24.1 Å². The summed E-state index contributed by atoms with van der Waals surface area (Å²) in [4.78, 5) is 43.6. The number of nitrogens with two attached hydrogens (primary N) is 1. The molecular formula is C16H25F6N3O7. The van der Waals surface area contributed by atoms with Crippen LogP contribution in [0.1, 0.15) is 33.6 Å². The van der Waals surface area contributed by atoms with Gasteiger partial charge in [0.05, 0.1) is 13.5 Å². The van der Waals surface area contributed by atoms with Crippen LogP contribution in [0.3, 0.4) is 0 Å². The fourth-order valence-corrected chi connectivity index (χ4v) is 1.98. The number of hydrogen-bond donors (Lipinski definition) is 4. The predicted molar refractivity (Wildman–Crippen MR) is 90.2 cm³/mol. The lowest BCUT2D eigenvalue weighted by atomic mass is 9.99. The van der Waals surface area contributed by atoms with E-state index >= 15 is 0 Å². The van der Waals surface area contributed by atoms with Crippen LogP contribution in [0.4, 0.5) is 26.3 Å². The Morgan fingerprint density at radius 3 is 1.88 bits per heavy atom. The van der Waals surface area contributed by atoms with Gasteiger partial charge in [-0.05, 0) is 12.8 Å². The normalized spacial score (nSPS) is 15.3. The molecule has 32 heavy (non-hydrogen) atoms. The maximum atomic E-state index is 13.1. The molecule has 0 fully saturated rings. The fraction of sp³-hybridized carbons (Fsp3) is 0.750. The van der Waals surface area contributed by atoms with Crippen molar-refractivity contribution in [1.82, 2.24) is 10.6 Å². The zero-order valence-electron chi connectivity index (χ0n) is 17.5. The van der Waals surface area contributed by atoms with Gasteiger partial charge in [-0.3, -0.25) is 10.1 Å². The summed E-state index contributed by atoms with van der Waals surface area (Å²) in [5.74, 6) is -6.07. The van der Waals surface area contributed by atoms with Crippen LogP contribution in [-0.4, -0.2) is 66.5 Å². The molecular weight excluding hydrogens is 460 g/mol. The molecule has 0 saturated carbocycles. The highest BCUT2D eigenvalue weighted by Gasteiger charge is 2.43. The Labute approximate surface area is 178 Å². The quantitative estimate of drug-likeness (QED) is 0.137. The van der Waals surface area contributed by atoms with Gasteiger partial charge in [0.25, 0.3) is 0 Å². The largest absolute Gasteiger partial charge is 0.542 e. The molecule has 0 bridgehead atoms. The summed E-state index contributed by atoms with van der Waals surface area (Å²) in [5.41, 5.74) is 0.154. The monoisotopic (exact) mass is 485 g/mol. The highest BCUT2D eigenvalue weighted by molar-refractivity contribution is 5.85. The zero-order chi connectivity index (χ0) is 25.9. The lowest BCUT2D eigenvalue weighted by Crippen LogP contribution is -2.88. The molecule has 0 radical (unpaired) electrons. The van der Waals surface area contributed by atoms with E-state index in [0.29, 0.717) is 6.42 Å². The molecule has 0 aromatic rings. The first-order valence-electron chi connectivity index (χ1n) is 8.91. The van der Waals surface area contributed by atoms with E-state index in [1.54, 1.807) is 13.8 Å². The van der Waals surface area contributed by atoms with Crippen LogP contribution in [0.5, 0.6) is 0 Å². The molecule has 5 N–H and O–H groups in total. The van der Waals surface area contributed by atoms with Crippen molar-refractivity contribution >= 4 is 23.8 Å². The number of alkyl halides is 6. The molecule has 2 amide bonds. The molecule has 188 valence electrons. The Morgan fingerprint density at radius 2 is 1.56 bits per heavy atom. The minimum Gasteiger partial charge on any atom is -0.542 e. The number of hydrogen-bond acceptors (Lipinski definition) is 8. The number of rotatable bonds is 9. The van der Waals surface area contributed by atoms with E-state index in [1.807, 2.05) is 5.32 Å². The molecule has 4 atom stereocenters. The first-order chi connectivity index (χ1) is 14.4. The van der Waals surface area contributed by atoms with Gasteiger partial charge in [0.2, 0.25) is 5.91 Å². The number of amides is 2. The van der Waals surface area contributed by atoms with Crippen molar-refractivity contribution in [2.24, 2.45) is 5.92 Å². The first-order valence-corrected chi connectivity index (χ1v) is 8.91. The third-order valence-corrected chi connectivity index (χ3v) is 4.01. The summed E-state index contributed by atoms with van der Waals surface area (Å²) >= 11 is 0. The summed E-state index contributed by atoms with van der Waals surface area (Å²) in [5, 5.41) is 21.6. The zero-order valence-corrected chi connectivity index (χ0v) is 17.5. The number of nitrogens with one attached hydrogen (secondary N) is 2. The molecule has 0 aromatic heterocycles. The average Bonchev–Trinajstić information content (AvgIpc) is 2.68. The van der Waals surface area contributed by atoms with Gasteiger partial charge in [-0.15, -0.1) is 5.48 Å². The van der Waals surface area contributed by atoms with Gasteiger partial charge in [-0.2, -0.15) is 26.3 Å². The lowest BCUT2D eigenvalue weighted by molar-refractivity contribution is -0.815. The van der Waals surface area contributed by atoms with E-state index in [1.165, 1.54) is 0 Å². The van der Waals surface area contributed by atoms with Crippen LogP contribution in [0.25, 0.3) is 0 Å². The maximum absolute atomic E-state index is 13.1. The van der Waals surface area contributed by atoms with E-state index in [-0.39, 0.29) is 11.4 Å². The Balaban J connectivity index is 0. The van der Waals surface area contributed by atoms with Crippen molar-refractivity contribution in [2.75, 3.05) is 7.11 Å². The van der Waals surface area contributed by atoms with Crippen LogP contribution in [-0.2, 0) is 23.9 Å². The van der Waals surface area contributed by atoms with E-state index < -0.39 is 60.7 Å². The predicted octanol–water partition coefficient (Wildman–Crippen LogP) is -1.23. The Bertz CT molecular complexity index is 643. The van der Waals surface area contributed by atoms with Gasteiger partial charge in [-0.1, -0.05) is 20.3 Å². The van der Waals surface area contributed by atoms with E-state index in [4.69, 9.17) is 15.1 Å². The topological polar surface area (TPSA) is 161 Å². The number of methoxy groups -OCH3 is 1. The summed E-state index contributed by atoms with van der Waals surface area (Å²) in [6, 6.07) is -4.72. The molecule has 0 rings (SSSR count). The summed E-state index contributed by atoms with van der Waals surface area (Å²) in [6.07, 6.45) is -10.5. The number of carbonyl (C=O) groups excluding carboxylic acids is 4. The highest BCUT2D eigenvalue weighted by atomic mass is 19.4. The van der Waals surface area contributed by atoms with E-state index in [2.05, 4.69) is 10.1 Å². The number of aliphatic carboxylic acids is 1. The van der Waals surface area contributed by atoms with Crippen molar-refractivity contribution in [3.63, 3.8) is 0 Å². The molecule has 10 nitrogen and oxygen atoms in total. The second-order valence-electron chi connectivity index (χ2n) is 6.46. The number of ether oxygens (including phenoxy) is 1. The lowest BCUT2D eigenvalue weighted by Gasteiger charge is -2.26. The van der Waals surface area contributed by atoms with Gasteiger partial charge < -0.3 is 20.0 Å². The molecule has 0 spiro atoms. The Kier molecular flexibility index (Phi) is 13.7. The van der Waals surface area contributed by atoms with Crippen LogP contribution in [0.15, 0.2) is 0 Å². The van der Waals surface area contributed by atoms with Crippen molar-refractivity contribution < 1.29 is 66.1 Å².